The van der Waals surface area contributed by atoms with Crippen molar-refractivity contribution in [2.24, 2.45) is 7.05 Å². The Balaban J connectivity index is 0.00000148. The molecule has 6 nitrogen and oxygen atoms in total. The molecule has 1 fully saturated rings. The Labute approximate surface area is 240 Å². The lowest BCUT2D eigenvalue weighted by atomic mass is 9.90. The topological polar surface area (TPSA) is 64.7 Å². The smallest absolute Gasteiger partial charge is 0.317 e. The highest BCUT2D eigenvalue weighted by molar-refractivity contribution is 6.04. The predicted octanol–water partition coefficient (Wildman–Crippen LogP) is 7.10. The van der Waals surface area contributed by atoms with Gasteiger partial charge in [-0.25, -0.2) is 4.79 Å². The number of hydrogen-bond donors (Lipinski definition) is 1. The van der Waals surface area contributed by atoms with Gasteiger partial charge in [0.25, 0.3) is 0 Å². The molecule has 0 radical (unpaired) electrons. The number of imidazole rings is 1. The van der Waals surface area contributed by atoms with Crippen LogP contribution in [0.4, 0.5) is 0 Å². The summed E-state index contributed by atoms with van der Waals surface area (Å²) in [5, 5.41) is 4.38. The van der Waals surface area contributed by atoms with Gasteiger partial charge in [-0.3, -0.25) is 19.1 Å². The minimum Gasteiger partial charge on any atom is -0.317 e. The third-order valence-electron chi connectivity index (χ3n) is 8.01. The van der Waals surface area contributed by atoms with E-state index in [4.69, 9.17) is 4.98 Å². The molecule has 1 aliphatic rings. The Bertz CT molecular complexity index is 1850. The van der Waals surface area contributed by atoms with E-state index in [0.717, 1.165) is 75.9 Å². The Morgan fingerprint density at radius 3 is 2.22 bits per heavy atom. The van der Waals surface area contributed by atoms with Crippen LogP contribution in [0.2, 0.25) is 0 Å². The Morgan fingerprint density at radius 1 is 0.780 bits per heavy atom. The number of aryl methyl sites for hydroxylation is 1. The lowest BCUT2D eigenvalue weighted by Gasteiger charge is -2.23. The molecule has 41 heavy (non-hydrogen) atoms. The Morgan fingerprint density at radius 2 is 1.51 bits per heavy atom. The van der Waals surface area contributed by atoms with E-state index in [1.807, 2.05) is 55.9 Å². The van der Waals surface area contributed by atoms with Crippen molar-refractivity contribution >= 4 is 21.9 Å². The van der Waals surface area contributed by atoms with Gasteiger partial charge in [-0.2, -0.15) is 0 Å². The van der Waals surface area contributed by atoms with E-state index in [-0.39, 0.29) is 5.69 Å². The van der Waals surface area contributed by atoms with E-state index in [9.17, 15) is 4.79 Å². The summed E-state index contributed by atoms with van der Waals surface area (Å²) in [7, 11) is 1.81. The van der Waals surface area contributed by atoms with Crippen molar-refractivity contribution in [3.63, 3.8) is 0 Å². The van der Waals surface area contributed by atoms with Gasteiger partial charge in [0.1, 0.15) is 0 Å². The standard InChI is InChI=1S/C33H29N5O.C2H6/c1-37-31-21-36-30-14-9-25(26-10-13-29(35-20-26)24-5-3-2-4-6-24)19-28(30)32(31)38(33(37)39)27-11-7-22(8-12-27)23-15-17-34-18-16-23;1-2/h2-14,19-21,23,34H,15-18H2,1H3;1-2H3. The fraction of sp³-hybridized carbons (Fsp3) is 0.229. The van der Waals surface area contributed by atoms with Crippen LogP contribution in [0.5, 0.6) is 0 Å². The summed E-state index contributed by atoms with van der Waals surface area (Å²) in [6.07, 6.45) is 6.01. The molecule has 0 aliphatic carbocycles. The van der Waals surface area contributed by atoms with E-state index >= 15 is 0 Å². The van der Waals surface area contributed by atoms with E-state index < -0.39 is 0 Å². The molecule has 1 aliphatic heterocycles. The first-order valence-electron chi connectivity index (χ1n) is 14.5. The molecule has 0 spiro atoms. The van der Waals surface area contributed by atoms with Gasteiger partial charge < -0.3 is 5.32 Å². The monoisotopic (exact) mass is 541 g/mol. The minimum atomic E-state index is -0.0757. The summed E-state index contributed by atoms with van der Waals surface area (Å²) in [4.78, 5) is 22.9. The third kappa shape index (κ3) is 4.96. The van der Waals surface area contributed by atoms with Crippen LogP contribution in [0.1, 0.15) is 38.2 Å². The SMILES string of the molecule is CC.Cn1c(=O)n(-c2ccc(C3CCNCC3)cc2)c2c3cc(-c4ccc(-c5ccccc5)nc4)ccc3ncc21. The molecule has 3 aromatic carbocycles. The summed E-state index contributed by atoms with van der Waals surface area (Å²) in [6, 6.07) is 29.1. The number of piperidine rings is 1. The van der Waals surface area contributed by atoms with Gasteiger partial charge in [-0.1, -0.05) is 68.4 Å². The normalized spacial score (nSPS) is 13.7. The van der Waals surface area contributed by atoms with E-state index in [1.54, 1.807) is 10.8 Å². The molecule has 4 heterocycles. The zero-order chi connectivity index (χ0) is 28.3. The zero-order valence-electron chi connectivity index (χ0n) is 23.8. The van der Waals surface area contributed by atoms with E-state index in [0.29, 0.717) is 5.92 Å². The van der Waals surface area contributed by atoms with Gasteiger partial charge in [0.15, 0.2) is 0 Å². The number of nitrogens with zero attached hydrogens (tertiary/aromatic N) is 4. The van der Waals surface area contributed by atoms with Gasteiger partial charge in [-0.15, -0.1) is 0 Å². The number of rotatable bonds is 4. The molecule has 6 heteroatoms. The second-order valence-corrected chi connectivity index (χ2v) is 10.3. The molecular weight excluding hydrogens is 506 g/mol. The second-order valence-electron chi connectivity index (χ2n) is 10.3. The van der Waals surface area contributed by atoms with Crippen molar-refractivity contribution in [2.75, 3.05) is 13.1 Å². The number of fused-ring (bicyclic) bond motifs is 3. The van der Waals surface area contributed by atoms with Crippen LogP contribution in [0, 0.1) is 0 Å². The largest absolute Gasteiger partial charge is 0.333 e. The maximum absolute atomic E-state index is 13.5. The van der Waals surface area contributed by atoms with Crippen LogP contribution in [0.25, 0.3) is 50.0 Å². The molecular formula is C35H35N5O. The lowest BCUT2D eigenvalue weighted by Crippen LogP contribution is -2.26. The molecule has 1 saturated heterocycles. The van der Waals surface area contributed by atoms with Crippen LogP contribution in [0.15, 0.2) is 102 Å². The number of nitrogens with one attached hydrogen (secondary N) is 1. The average Bonchev–Trinajstić information content (AvgIpc) is 3.32. The average molecular weight is 542 g/mol. The van der Waals surface area contributed by atoms with Crippen LogP contribution in [-0.2, 0) is 7.05 Å². The summed E-state index contributed by atoms with van der Waals surface area (Å²) < 4.78 is 3.51. The zero-order valence-corrected chi connectivity index (χ0v) is 23.8. The van der Waals surface area contributed by atoms with Crippen molar-refractivity contribution in [2.45, 2.75) is 32.6 Å². The first-order chi connectivity index (χ1) is 20.2. The highest BCUT2D eigenvalue weighted by atomic mass is 16.1. The van der Waals surface area contributed by atoms with Gasteiger partial charge in [0.05, 0.1) is 34.1 Å². The number of aromatic nitrogens is 4. The molecule has 7 rings (SSSR count). The minimum absolute atomic E-state index is 0.0757. The van der Waals surface area contributed by atoms with Gasteiger partial charge in [0, 0.05) is 29.8 Å². The fourth-order valence-electron chi connectivity index (χ4n) is 5.81. The maximum atomic E-state index is 13.5. The molecule has 1 N–H and O–H groups in total. The van der Waals surface area contributed by atoms with Gasteiger partial charge >= 0.3 is 5.69 Å². The van der Waals surface area contributed by atoms with Crippen molar-refractivity contribution in [1.29, 1.82) is 0 Å². The first kappa shape index (κ1) is 26.7. The summed E-state index contributed by atoms with van der Waals surface area (Å²) in [5.41, 5.74) is 8.75. The molecule has 6 aromatic rings. The highest BCUT2D eigenvalue weighted by Gasteiger charge is 2.19. The maximum Gasteiger partial charge on any atom is 0.333 e. The Kier molecular flexibility index (Phi) is 7.49. The van der Waals surface area contributed by atoms with Crippen molar-refractivity contribution in [3.8, 4) is 28.1 Å². The van der Waals surface area contributed by atoms with E-state index in [2.05, 4.69) is 71.0 Å². The Hall–Kier alpha value is -4.55. The summed E-state index contributed by atoms with van der Waals surface area (Å²) in [6.45, 7) is 6.11. The quantitative estimate of drug-likeness (QED) is 0.259. The first-order valence-corrected chi connectivity index (χ1v) is 14.5. The van der Waals surface area contributed by atoms with Crippen molar-refractivity contribution in [1.82, 2.24) is 24.4 Å². The molecule has 0 unspecified atom stereocenters. The van der Waals surface area contributed by atoms with Crippen LogP contribution >= 0.6 is 0 Å². The number of hydrogen-bond acceptors (Lipinski definition) is 4. The molecule has 0 atom stereocenters. The predicted molar refractivity (Wildman–Crippen MR) is 169 cm³/mol. The second kappa shape index (κ2) is 11.5. The van der Waals surface area contributed by atoms with E-state index in [1.165, 1.54) is 5.56 Å². The molecule has 0 saturated carbocycles. The summed E-state index contributed by atoms with van der Waals surface area (Å²) in [5.74, 6) is 0.569. The molecule has 3 aromatic heterocycles. The van der Waals surface area contributed by atoms with Crippen molar-refractivity contribution in [3.05, 3.63) is 113 Å². The third-order valence-corrected chi connectivity index (χ3v) is 8.01. The molecule has 206 valence electrons. The highest BCUT2D eigenvalue weighted by Crippen LogP contribution is 2.31. The number of benzene rings is 3. The summed E-state index contributed by atoms with van der Waals surface area (Å²) >= 11 is 0. The molecule has 0 bridgehead atoms. The number of pyridine rings is 2. The van der Waals surface area contributed by atoms with Gasteiger partial charge in [-0.05, 0) is 73.3 Å². The molecule has 0 amide bonds. The lowest BCUT2D eigenvalue weighted by molar-refractivity contribution is 0.460. The van der Waals surface area contributed by atoms with Crippen molar-refractivity contribution < 1.29 is 0 Å². The van der Waals surface area contributed by atoms with Crippen LogP contribution in [-0.4, -0.2) is 32.2 Å². The van der Waals surface area contributed by atoms with Gasteiger partial charge in [0.2, 0.25) is 0 Å². The fourth-order valence-corrected chi connectivity index (χ4v) is 5.81. The van der Waals surface area contributed by atoms with Crippen LogP contribution in [0.3, 0.4) is 0 Å². The van der Waals surface area contributed by atoms with Crippen LogP contribution < -0.4 is 11.0 Å².